The SMILES string of the molecule is CC(C)(C)C1=NNCN1C(F)(F)F. The topological polar surface area (TPSA) is 27.6 Å². The lowest BCUT2D eigenvalue weighted by Crippen LogP contribution is -2.46. The fourth-order valence-corrected chi connectivity index (χ4v) is 1.10. The maximum Gasteiger partial charge on any atom is 0.487 e. The molecule has 1 rings (SSSR count). The second-order valence-corrected chi connectivity index (χ2v) is 3.90. The molecule has 1 aliphatic rings. The van der Waals surface area contributed by atoms with Gasteiger partial charge in [-0.3, -0.25) is 10.3 Å². The summed E-state index contributed by atoms with van der Waals surface area (Å²) >= 11 is 0. The molecule has 0 unspecified atom stereocenters. The molecule has 0 aromatic rings. The molecule has 0 saturated carbocycles. The molecular formula is C7H12F3N3. The van der Waals surface area contributed by atoms with Gasteiger partial charge in [0.25, 0.3) is 0 Å². The normalized spacial score (nSPS) is 18.6. The van der Waals surface area contributed by atoms with Crippen LogP contribution in [0.15, 0.2) is 5.10 Å². The monoisotopic (exact) mass is 195 g/mol. The van der Waals surface area contributed by atoms with Crippen LogP contribution in [0.25, 0.3) is 0 Å². The molecule has 0 aromatic carbocycles. The van der Waals surface area contributed by atoms with Gasteiger partial charge in [0.05, 0.1) is 0 Å². The first-order valence-corrected chi connectivity index (χ1v) is 3.88. The molecule has 0 atom stereocenters. The predicted molar refractivity (Wildman–Crippen MR) is 42.8 cm³/mol. The molecule has 0 amide bonds. The molecule has 1 heterocycles. The second-order valence-electron chi connectivity index (χ2n) is 3.90. The van der Waals surface area contributed by atoms with Gasteiger partial charge in [0.2, 0.25) is 0 Å². The highest BCUT2D eigenvalue weighted by molar-refractivity contribution is 5.88. The maximum absolute atomic E-state index is 12.3. The number of alkyl halides is 3. The summed E-state index contributed by atoms with van der Waals surface area (Å²) in [4.78, 5) is 0.312. The van der Waals surface area contributed by atoms with Gasteiger partial charge in [-0.1, -0.05) is 20.8 Å². The van der Waals surface area contributed by atoms with Gasteiger partial charge in [-0.2, -0.15) is 5.10 Å². The number of nitrogens with zero attached hydrogens (tertiary/aromatic N) is 2. The van der Waals surface area contributed by atoms with Crippen molar-refractivity contribution in [3.05, 3.63) is 0 Å². The van der Waals surface area contributed by atoms with E-state index in [1.54, 1.807) is 20.8 Å². The van der Waals surface area contributed by atoms with Crippen molar-refractivity contribution >= 4 is 5.84 Å². The minimum absolute atomic E-state index is 0.0278. The van der Waals surface area contributed by atoms with Crippen LogP contribution in [0.4, 0.5) is 13.2 Å². The van der Waals surface area contributed by atoms with Crippen LogP contribution in [-0.2, 0) is 0 Å². The lowest BCUT2D eigenvalue weighted by molar-refractivity contribution is -0.218. The molecule has 0 spiro atoms. The zero-order valence-corrected chi connectivity index (χ0v) is 7.74. The van der Waals surface area contributed by atoms with E-state index in [4.69, 9.17) is 0 Å². The Morgan fingerprint density at radius 1 is 1.31 bits per heavy atom. The van der Waals surface area contributed by atoms with E-state index in [1.807, 2.05) is 0 Å². The van der Waals surface area contributed by atoms with Crippen molar-refractivity contribution in [2.45, 2.75) is 27.1 Å². The first kappa shape index (κ1) is 10.1. The Morgan fingerprint density at radius 2 is 1.85 bits per heavy atom. The maximum atomic E-state index is 12.3. The Balaban J connectivity index is 2.87. The average molecular weight is 195 g/mol. The summed E-state index contributed by atoms with van der Waals surface area (Å²) in [5.41, 5.74) is 1.73. The molecule has 76 valence electrons. The fraction of sp³-hybridized carbons (Fsp3) is 0.857. The number of halogens is 3. The van der Waals surface area contributed by atoms with E-state index >= 15 is 0 Å². The lowest BCUT2D eigenvalue weighted by atomic mass is 9.94. The lowest BCUT2D eigenvalue weighted by Gasteiger charge is -2.28. The van der Waals surface area contributed by atoms with Gasteiger partial charge in [-0.25, -0.2) is 0 Å². The van der Waals surface area contributed by atoms with Gasteiger partial charge in [-0.05, 0) is 0 Å². The molecule has 1 aliphatic heterocycles. The molecule has 0 aromatic heterocycles. The fourth-order valence-electron chi connectivity index (χ4n) is 1.10. The minimum Gasteiger partial charge on any atom is -0.288 e. The standard InChI is InChI=1S/C7H12F3N3/c1-6(2,3)5-12-11-4-13(5)7(8,9)10/h11H,4H2,1-3H3. The van der Waals surface area contributed by atoms with Crippen molar-refractivity contribution in [1.29, 1.82) is 0 Å². The molecule has 13 heavy (non-hydrogen) atoms. The highest BCUT2D eigenvalue weighted by Crippen LogP contribution is 2.29. The van der Waals surface area contributed by atoms with Gasteiger partial charge in [-0.15, -0.1) is 13.2 Å². The summed E-state index contributed by atoms with van der Waals surface area (Å²) in [5.74, 6) is 0.0278. The number of nitrogens with one attached hydrogen (secondary N) is 1. The summed E-state index contributed by atoms with van der Waals surface area (Å²) in [7, 11) is 0. The molecule has 3 nitrogen and oxygen atoms in total. The zero-order chi connectivity index (χ0) is 10.3. The van der Waals surface area contributed by atoms with E-state index in [0.29, 0.717) is 4.90 Å². The number of amidine groups is 1. The molecule has 0 radical (unpaired) electrons. The van der Waals surface area contributed by atoms with Gasteiger partial charge in [0.15, 0.2) is 0 Å². The Morgan fingerprint density at radius 3 is 2.15 bits per heavy atom. The number of rotatable bonds is 0. The molecule has 0 aliphatic carbocycles. The van der Waals surface area contributed by atoms with E-state index in [0.717, 1.165) is 0 Å². The van der Waals surface area contributed by atoms with Gasteiger partial charge < -0.3 is 0 Å². The Kier molecular flexibility index (Phi) is 2.17. The Bertz CT molecular complexity index is 226. The average Bonchev–Trinajstić information content (AvgIpc) is 2.27. The molecule has 0 saturated heterocycles. The molecule has 6 heteroatoms. The summed E-state index contributed by atoms with van der Waals surface area (Å²) in [5, 5.41) is 3.63. The number of hydrazone groups is 1. The number of hydrogen-bond donors (Lipinski definition) is 1. The van der Waals surface area contributed by atoms with Gasteiger partial charge in [0.1, 0.15) is 12.5 Å². The summed E-state index contributed by atoms with van der Waals surface area (Å²) in [6.45, 7) is 4.78. The van der Waals surface area contributed by atoms with Crippen molar-refractivity contribution in [3.8, 4) is 0 Å². The third-order valence-electron chi connectivity index (χ3n) is 1.65. The largest absolute Gasteiger partial charge is 0.487 e. The quantitative estimate of drug-likeness (QED) is 0.596. The summed E-state index contributed by atoms with van der Waals surface area (Å²) < 4.78 is 37.0. The first-order chi connectivity index (χ1) is 5.73. The van der Waals surface area contributed by atoms with Crippen LogP contribution in [-0.4, -0.2) is 23.7 Å². The summed E-state index contributed by atoms with van der Waals surface area (Å²) in [6, 6.07) is 0. The van der Waals surface area contributed by atoms with Crippen LogP contribution >= 0.6 is 0 Å². The Hall–Kier alpha value is -0.940. The summed E-state index contributed by atoms with van der Waals surface area (Å²) in [6.07, 6.45) is -4.35. The van der Waals surface area contributed by atoms with Crippen LogP contribution in [0, 0.1) is 5.41 Å². The van der Waals surface area contributed by atoms with Crippen LogP contribution in [0.3, 0.4) is 0 Å². The molecule has 0 fully saturated rings. The smallest absolute Gasteiger partial charge is 0.288 e. The Labute approximate surface area is 74.6 Å². The molecule has 0 bridgehead atoms. The van der Waals surface area contributed by atoms with E-state index in [1.165, 1.54) is 0 Å². The van der Waals surface area contributed by atoms with E-state index in [9.17, 15) is 13.2 Å². The third-order valence-corrected chi connectivity index (χ3v) is 1.65. The third kappa shape index (κ3) is 2.05. The van der Waals surface area contributed by atoms with Crippen LogP contribution in [0.5, 0.6) is 0 Å². The van der Waals surface area contributed by atoms with Crippen molar-refractivity contribution in [3.63, 3.8) is 0 Å². The van der Waals surface area contributed by atoms with Crippen molar-refractivity contribution in [2.24, 2.45) is 10.5 Å². The zero-order valence-electron chi connectivity index (χ0n) is 7.74. The number of hydrogen-bond acceptors (Lipinski definition) is 3. The van der Waals surface area contributed by atoms with Gasteiger partial charge >= 0.3 is 6.30 Å². The van der Waals surface area contributed by atoms with Crippen LogP contribution in [0.2, 0.25) is 0 Å². The van der Waals surface area contributed by atoms with Crippen LogP contribution < -0.4 is 5.43 Å². The van der Waals surface area contributed by atoms with Crippen LogP contribution in [0.1, 0.15) is 20.8 Å². The van der Waals surface area contributed by atoms with E-state index < -0.39 is 11.7 Å². The molecule has 1 N–H and O–H groups in total. The minimum atomic E-state index is -4.35. The first-order valence-electron chi connectivity index (χ1n) is 3.88. The highest BCUT2D eigenvalue weighted by atomic mass is 19.4. The highest BCUT2D eigenvalue weighted by Gasteiger charge is 2.45. The van der Waals surface area contributed by atoms with Gasteiger partial charge in [0, 0.05) is 5.41 Å². The van der Waals surface area contributed by atoms with Crippen molar-refractivity contribution in [2.75, 3.05) is 6.67 Å². The van der Waals surface area contributed by atoms with Crippen molar-refractivity contribution < 1.29 is 13.2 Å². The van der Waals surface area contributed by atoms with E-state index in [2.05, 4.69) is 10.5 Å². The van der Waals surface area contributed by atoms with E-state index in [-0.39, 0.29) is 12.5 Å². The van der Waals surface area contributed by atoms with Crippen molar-refractivity contribution in [1.82, 2.24) is 10.3 Å². The predicted octanol–water partition coefficient (Wildman–Crippen LogP) is 1.73. The second kappa shape index (κ2) is 2.78. The molecular weight excluding hydrogens is 183 g/mol.